The highest BCUT2D eigenvalue weighted by molar-refractivity contribution is 9.09. The second-order valence-electron chi connectivity index (χ2n) is 6.31. The van der Waals surface area contributed by atoms with Gasteiger partial charge in [-0.1, -0.05) is 28.1 Å². The van der Waals surface area contributed by atoms with Gasteiger partial charge in [0.15, 0.2) is 0 Å². The van der Waals surface area contributed by atoms with Crippen LogP contribution in [0.1, 0.15) is 40.7 Å². The van der Waals surface area contributed by atoms with Crippen LogP contribution in [0.5, 0.6) is 0 Å². The van der Waals surface area contributed by atoms with E-state index in [-0.39, 0.29) is 18.7 Å². The molecule has 0 fully saturated rings. The molecule has 0 saturated carbocycles. The molecular formula is C19H25BrN2O5. The molecule has 7 nitrogen and oxygen atoms in total. The van der Waals surface area contributed by atoms with Gasteiger partial charge in [-0.3, -0.25) is 14.4 Å². The number of amides is 2. The van der Waals surface area contributed by atoms with Crippen LogP contribution in [0.15, 0.2) is 18.2 Å². The fourth-order valence-corrected chi connectivity index (χ4v) is 3.46. The summed E-state index contributed by atoms with van der Waals surface area (Å²) in [5, 5.41) is 0.803. The number of halogens is 1. The predicted octanol–water partition coefficient (Wildman–Crippen LogP) is 1.79. The normalized spacial score (nSPS) is 14.1. The maximum atomic E-state index is 12.8. The summed E-state index contributed by atoms with van der Waals surface area (Å²) in [6.45, 7) is 1.64. The minimum absolute atomic E-state index is 0.0298. The zero-order chi connectivity index (χ0) is 19.8. The number of methoxy groups -OCH3 is 1. The SMILES string of the molecule is COC(=O)CC[C@@H](C(N)=O)N1Cc2c(CCCOCCBr)cccc2C1=O. The van der Waals surface area contributed by atoms with Crippen molar-refractivity contribution in [1.29, 1.82) is 0 Å². The highest BCUT2D eigenvalue weighted by Gasteiger charge is 2.36. The van der Waals surface area contributed by atoms with E-state index in [1.54, 1.807) is 6.07 Å². The second kappa shape index (κ2) is 10.4. The molecule has 1 heterocycles. The van der Waals surface area contributed by atoms with Crippen molar-refractivity contribution >= 4 is 33.7 Å². The van der Waals surface area contributed by atoms with Gasteiger partial charge < -0.3 is 20.1 Å². The number of nitrogens with zero attached hydrogens (tertiary/aromatic N) is 1. The van der Waals surface area contributed by atoms with Crippen LogP contribution in [-0.2, 0) is 32.0 Å². The number of nitrogens with two attached hydrogens (primary N) is 1. The summed E-state index contributed by atoms with van der Waals surface area (Å²) >= 11 is 3.32. The molecule has 0 unspecified atom stereocenters. The molecule has 27 heavy (non-hydrogen) atoms. The summed E-state index contributed by atoms with van der Waals surface area (Å²) in [6, 6.07) is 4.77. The first-order chi connectivity index (χ1) is 13.0. The van der Waals surface area contributed by atoms with Gasteiger partial charge in [0.25, 0.3) is 5.91 Å². The Balaban J connectivity index is 2.09. The van der Waals surface area contributed by atoms with E-state index in [2.05, 4.69) is 20.7 Å². The third-order valence-corrected chi connectivity index (χ3v) is 4.93. The first kappa shape index (κ1) is 21.4. The zero-order valence-electron chi connectivity index (χ0n) is 15.4. The minimum atomic E-state index is -0.834. The molecule has 0 radical (unpaired) electrons. The number of carbonyl (C=O) groups excluding carboxylic acids is 3. The Morgan fingerprint density at radius 2 is 2.11 bits per heavy atom. The fraction of sp³-hybridized carbons (Fsp3) is 0.526. The topological polar surface area (TPSA) is 98.9 Å². The first-order valence-corrected chi connectivity index (χ1v) is 10.0. The van der Waals surface area contributed by atoms with Crippen LogP contribution >= 0.6 is 15.9 Å². The Labute approximate surface area is 167 Å². The Hall–Kier alpha value is -1.93. The third-order valence-electron chi connectivity index (χ3n) is 4.60. The molecule has 1 atom stereocenters. The van der Waals surface area contributed by atoms with Crippen LogP contribution in [0.4, 0.5) is 0 Å². The summed E-state index contributed by atoms with van der Waals surface area (Å²) in [6.07, 6.45) is 1.81. The van der Waals surface area contributed by atoms with E-state index in [1.807, 2.05) is 12.1 Å². The Morgan fingerprint density at radius 3 is 2.78 bits per heavy atom. The Kier molecular flexibility index (Phi) is 8.24. The van der Waals surface area contributed by atoms with Crippen molar-refractivity contribution in [2.45, 2.75) is 38.3 Å². The molecule has 1 aliphatic rings. The first-order valence-electron chi connectivity index (χ1n) is 8.91. The van der Waals surface area contributed by atoms with E-state index < -0.39 is 17.9 Å². The van der Waals surface area contributed by atoms with Crippen molar-refractivity contribution in [3.63, 3.8) is 0 Å². The number of hydrogen-bond donors (Lipinski definition) is 1. The number of carbonyl (C=O) groups is 3. The van der Waals surface area contributed by atoms with Crippen LogP contribution in [0.25, 0.3) is 0 Å². The molecule has 2 amide bonds. The van der Waals surface area contributed by atoms with E-state index in [1.165, 1.54) is 12.0 Å². The van der Waals surface area contributed by atoms with Crippen molar-refractivity contribution in [3.8, 4) is 0 Å². The number of rotatable bonds is 11. The Bertz CT molecular complexity index is 695. The van der Waals surface area contributed by atoms with Crippen molar-refractivity contribution in [1.82, 2.24) is 4.90 Å². The molecule has 1 aromatic carbocycles. The average molecular weight is 441 g/mol. The lowest BCUT2D eigenvalue weighted by Gasteiger charge is -2.24. The Morgan fingerprint density at radius 1 is 1.33 bits per heavy atom. The van der Waals surface area contributed by atoms with E-state index in [0.717, 1.165) is 29.3 Å². The molecule has 0 aromatic heterocycles. The lowest BCUT2D eigenvalue weighted by atomic mass is 10.00. The molecule has 148 valence electrons. The number of ether oxygens (including phenoxy) is 2. The van der Waals surface area contributed by atoms with Gasteiger partial charge in [-0.05, 0) is 36.5 Å². The molecule has 2 rings (SSSR count). The summed E-state index contributed by atoms with van der Waals surface area (Å²) < 4.78 is 10.1. The van der Waals surface area contributed by atoms with Crippen molar-refractivity contribution in [2.75, 3.05) is 25.7 Å². The summed E-state index contributed by atoms with van der Waals surface area (Å²) in [5.74, 6) is -1.28. The maximum Gasteiger partial charge on any atom is 0.305 e. The number of hydrogen-bond acceptors (Lipinski definition) is 5. The van der Waals surface area contributed by atoms with Crippen molar-refractivity contribution in [2.24, 2.45) is 5.73 Å². The van der Waals surface area contributed by atoms with Gasteiger partial charge in [-0.15, -0.1) is 0 Å². The minimum Gasteiger partial charge on any atom is -0.469 e. The standard InChI is InChI=1S/C19H25BrN2O5/c1-26-17(23)8-7-16(18(21)24)22-12-15-13(5-3-10-27-11-9-20)4-2-6-14(15)19(22)25/h2,4,6,16H,3,5,7-12H2,1H3,(H2,21,24)/t16-/m0/s1. The van der Waals surface area contributed by atoms with E-state index in [9.17, 15) is 14.4 Å². The van der Waals surface area contributed by atoms with Crippen LogP contribution in [-0.4, -0.2) is 54.4 Å². The van der Waals surface area contributed by atoms with Crippen LogP contribution in [0.2, 0.25) is 0 Å². The molecule has 0 bridgehead atoms. The van der Waals surface area contributed by atoms with Gasteiger partial charge in [-0.25, -0.2) is 0 Å². The molecular weight excluding hydrogens is 416 g/mol. The van der Waals surface area contributed by atoms with Crippen LogP contribution in [0.3, 0.4) is 0 Å². The van der Waals surface area contributed by atoms with Crippen LogP contribution in [0, 0.1) is 0 Å². The molecule has 0 aliphatic carbocycles. The number of primary amides is 1. The van der Waals surface area contributed by atoms with Gasteiger partial charge in [0.05, 0.1) is 13.7 Å². The summed E-state index contributed by atoms with van der Waals surface area (Å²) in [4.78, 5) is 37.6. The second-order valence-corrected chi connectivity index (χ2v) is 7.11. The largest absolute Gasteiger partial charge is 0.469 e. The average Bonchev–Trinajstić information content (AvgIpc) is 2.99. The zero-order valence-corrected chi connectivity index (χ0v) is 17.0. The predicted molar refractivity (Wildman–Crippen MR) is 103 cm³/mol. The fourth-order valence-electron chi connectivity index (χ4n) is 3.23. The van der Waals surface area contributed by atoms with E-state index in [4.69, 9.17) is 10.5 Å². The number of fused-ring (bicyclic) bond motifs is 1. The van der Waals surface area contributed by atoms with E-state index in [0.29, 0.717) is 25.3 Å². The number of alkyl halides is 1. The molecule has 2 N–H and O–H groups in total. The quantitative estimate of drug-likeness (QED) is 0.321. The number of aryl methyl sites for hydroxylation is 1. The van der Waals surface area contributed by atoms with Gasteiger partial charge >= 0.3 is 5.97 Å². The maximum absolute atomic E-state index is 12.8. The lowest BCUT2D eigenvalue weighted by Crippen LogP contribution is -2.45. The highest BCUT2D eigenvalue weighted by atomic mass is 79.9. The van der Waals surface area contributed by atoms with Gasteiger partial charge in [0.2, 0.25) is 5.91 Å². The molecule has 1 aliphatic heterocycles. The lowest BCUT2D eigenvalue weighted by molar-refractivity contribution is -0.141. The van der Waals surface area contributed by atoms with Gasteiger partial charge in [0, 0.05) is 30.5 Å². The number of esters is 1. The smallest absolute Gasteiger partial charge is 0.305 e. The third kappa shape index (κ3) is 5.52. The van der Waals surface area contributed by atoms with Crippen molar-refractivity contribution in [3.05, 3.63) is 34.9 Å². The summed E-state index contributed by atoms with van der Waals surface area (Å²) in [5.41, 5.74) is 8.09. The summed E-state index contributed by atoms with van der Waals surface area (Å²) in [7, 11) is 1.28. The highest BCUT2D eigenvalue weighted by Crippen LogP contribution is 2.29. The van der Waals surface area contributed by atoms with E-state index >= 15 is 0 Å². The molecule has 8 heteroatoms. The molecule has 0 spiro atoms. The van der Waals surface area contributed by atoms with Gasteiger partial charge in [0.1, 0.15) is 6.04 Å². The monoisotopic (exact) mass is 440 g/mol. The molecule has 0 saturated heterocycles. The number of benzene rings is 1. The van der Waals surface area contributed by atoms with Gasteiger partial charge in [-0.2, -0.15) is 0 Å². The molecule has 1 aromatic rings. The van der Waals surface area contributed by atoms with Crippen molar-refractivity contribution < 1.29 is 23.9 Å². The van der Waals surface area contributed by atoms with Crippen LogP contribution < -0.4 is 5.73 Å².